The van der Waals surface area contributed by atoms with Crippen LogP contribution in [0.2, 0.25) is 0 Å². The number of nitrogens with one attached hydrogen (secondary N) is 1. The number of hydrogen-bond donors (Lipinski definition) is 2. The summed E-state index contributed by atoms with van der Waals surface area (Å²) in [7, 11) is 3.31. The summed E-state index contributed by atoms with van der Waals surface area (Å²) in [5.74, 6) is 2.71. The fourth-order valence-electron chi connectivity index (χ4n) is 5.15. The van der Waals surface area contributed by atoms with E-state index in [1.54, 1.807) is 14.2 Å². The second-order valence-corrected chi connectivity index (χ2v) is 10.4. The number of aromatic nitrogens is 1. The molecule has 1 atom stereocenters. The van der Waals surface area contributed by atoms with E-state index in [-0.39, 0.29) is 6.04 Å². The summed E-state index contributed by atoms with van der Waals surface area (Å²) in [4.78, 5) is 3.69. The van der Waals surface area contributed by atoms with Gasteiger partial charge in [0.2, 0.25) is 0 Å². The Morgan fingerprint density at radius 3 is 2.46 bits per heavy atom. The molecule has 0 spiro atoms. The summed E-state index contributed by atoms with van der Waals surface area (Å²) in [6.45, 7) is 3.86. The third-order valence-corrected chi connectivity index (χ3v) is 8.15. The number of hydrogen-bond acceptors (Lipinski definition) is 6. The molecule has 1 aliphatic heterocycles. The van der Waals surface area contributed by atoms with Crippen LogP contribution in [0.5, 0.6) is 17.4 Å². The van der Waals surface area contributed by atoms with Gasteiger partial charge in [0.05, 0.1) is 20.3 Å². The van der Waals surface area contributed by atoms with Crippen LogP contribution in [-0.2, 0) is 0 Å². The van der Waals surface area contributed by atoms with Gasteiger partial charge in [-0.25, -0.2) is 0 Å². The average Bonchev–Trinajstić information content (AvgIpc) is 3.29. The van der Waals surface area contributed by atoms with Crippen LogP contribution in [0.3, 0.4) is 0 Å². The molecule has 7 heteroatoms. The smallest absolute Gasteiger partial charge is 0.199 e. The first-order valence-electron chi connectivity index (χ1n) is 12.9. The summed E-state index contributed by atoms with van der Waals surface area (Å²) >= 11 is 1.87. The van der Waals surface area contributed by atoms with Crippen molar-refractivity contribution in [3.8, 4) is 17.4 Å². The van der Waals surface area contributed by atoms with E-state index < -0.39 is 0 Å². The molecule has 2 N–H and O–H groups in total. The van der Waals surface area contributed by atoms with Crippen molar-refractivity contribution in [2.45, 2.75) is 23.8 Å². The molecule has 0 radical (unpaired) electrons. The maximum absolute atomic E-state index is 11.5. The molecule has 0 aliphatic carbocycles. The van der Waals surface area contributed by atoms with Crippen LogP contribution >= 0.6 is 11.8 Å². The van der Waals surface area contributed by atoms with Crippen LogP contribution in [-0.4, -0.2) is 55.8 Å². The molecule has 194 valence electrons. The first-order chi connectivity index (χ1) is 18.2. The topological polar surface area (TPSA) is 58.9 Å². The van der Waals surface area contributed by atoms with E-state index in [1.807, 2.05) is 46.7 Å². The van der Waals surface area contributed by atoms with Crippen molar-refractivity contribution in [2.24, 2.45) is 0 Å². The first kappa shape index (κ1) is 25.4. The van der Waals surface area contributed by atoms with Crippen molar-refractivity contribution in [1.29, 1.82) is 0 Å². The number of thioether (sulfide) groups is 1. The van der Waals surface area contributed by atoms with E-state index in [2.05, 4.69) is 52.8 Å². The number of methoxy groups -OCH3 is 2. The molecule has 2 heterocycles. The maximum Gasteiger partial charge on any atom is 0.199 e. The van der Waals surface area contributed by atoms with Gasteiger partial charge in [-0.05, 0) is 60.6 Å². The summed E-state index contributed by atoms with van der Waals surface area (Å²) in [6.07, 6.45) is 4.01. The molecule has 0 amide bonds. The number of ether oxygens (including phenoxy) is 2. The Bertz CT molecular complexity index is 1320. The monoisotopic (exact) mass is 517 g/mol. The Labute approximate surface area is 223 Å². The minimum absolute atomic E-state index is 0.0422. The van der Waals surface area contributed by atoms with Crippen LogP contribution in [0, 0.1) is 0 Å². The average molecular weight is 518 g/mol. The van der Waals surface area contributed by atoms with E-state index >= 15 is 0 Å². The Morgan fingerprint density at radius 2 is 1.70 bits per heavy atom. The fourth-order valence-corrected chi connectivity index (χ4v) is 6.05. The molecular weight excluding hydrogens is 482 g/mol. The quantitative estimate of drug-likeness (QED) is 0.201. The molecular formula is C30H35N3O3S. The van der Waals surface area contributed by atoms with E-state index in [1.165, 1.54) is 10.6 Å². The number of aromatic hydroxyl groups is 1. The number of nitrogens with zero attached hydrogens (tertiary/aromatic N) is 2. The van der Waals surface area contributed by atoms with Crippen molar-refractivity contribution in [3.63, 3.8) is 0 Å². The zero-order valence-electron chi connectivity index (χ0n) is 21.5. The van der Waals surface area contributed by atoms with Gasteiger partial charge in [-0.2, -0.15) is 0 Å². The second-order valence-electron chi connectivity index (χ2n) is 9.27. The highest BCUT2D eigenvalue weighted by Crippen LogP contribution is 2.41. The number of anilines is 1. The highest BCUT2D eigenvalue weighted by Gasteiger charge is 2.23. The molecule has 1 aliphatic rings. The third kappa shape index (κ3) is 5.53. The largest absolute Gasteiger partial charge is 0.494 e. The SMILES string of the molecule is COc1ccc([C@@H](CCCSc2ccccc2)n2cc3c(N4CCNCC4)cccc3c2O)cc1OC. The predicted molar refractivity (Wildman–Crippen MR) is 153 cm³/mol. The van der Waals surface area contributed by atoms with E-state index in [9.17, 15) is 5.11 Å². The molecule has 1 aromatic heterocycles. The number of rotatable bonds is 10. The van der Waals surface area contributed by atoms with Gasteiger partial charge in [0.1, 0.15) is 0 Å². The molecule has 1 fully saturated rings. The van der Waals surface area contributed by atoms with Crippen molar-refractivity contribution < 1.29 is 14.6 Å². The minimum Gasteiger partial charge on any atom is -0.494 e. The van der Waals surface area contributed by atoms with Crippen molar-refractivity contribution in [1.82, 2.24) is 9.88 Å². The standard InChI is InChI=1S/C30H35N3O3S/c1-35-28-14-13-22(20-29(28)36-2)26(12-7-19-37-23-8-4-3-5-9-23)33-21-25-24(30(33)34)10-6-11-27(25)32-17-15-31-16-18-32/h3-6,8-11,13-14,20-21,26,31,34H,7,12,15-19H2,1-2H3/t26-/m1/s1. The van der Waals surface area contributed by atoms with Crippen LogP contribution in [0.1, 0.15) is 24.4 Å². The van der Waals surface area contributed by atoms with Crippen LogP contribution < -0.4 is 19.7 Å². The van der Waals surface area contributed by atoms with Crippen LogP contribution in [0.15, 0.2) is 77.8 Å². The fraction of sp³-hybridized carbons (Fsp3) is 0.333. The zero-order valence-corrected chi connectivity index (χ0v) is 22.3. The van der Waals surface area contributed by atoms with Crippen molar-refractivity contribution >= 4 is 28.2 Å². The van der Waals surface area contributed by atoms with Gasteiger partial charge < -0.3 is 29.4 Å². The van der Waals surface area contributed by atoms with Gasteiger partial charge in [0.15, 0.2) is 17.4 Å². The highest BCUT2D eigenvalue weighted by atomic mass is 32.2. The Kier molecular flexibility index (Phi) is 8.12. The lowest BCUT2D eigenvalue weighted by Gasteiger charge is -2.30. The van der Waals surface area contributed by atoms with Gasteiger partial charge in [0.25, 0.3) is 0 Å². The van der Waals surface area contributed by atoms with Gasteiger partial charge in [-0.3, -0.25) is 0 Å². The molecule has 0 bridgehead atoms. The van der Waals surface area contributed by atoms with Crippen molar-refractivity contribution in [3.05, 3.63) is 78.5 Å². The Hall–Kier alpha value is -3.29. The molecule has 3 aromatic carbocycles. The normalized spacial score (nSPS) is 14.6. The molecule has 0 unspecified atom stereocenters. The molecule has 1 saturated heterocycles. The van der Waals surface area contributed by atoms with E-state index in [0.29, 0.717) is 17.4 Å². The van der Waals surface area contributed by atoms with Crippen molar-refractivity contribution in [2.75, 3.05) is 51.1 Å². The number of piperazine rings is 1. The van der Waals surface area contributed by atoms with Gasteiger partial charge in [-0.15, -0.1) is 11.8 Å². The predicted octanol–water partition coefficient (Wildman–Crippen LogP) is 5.94. The second kappa shape index (κ2) is 11.8. The maximum atomic E-state index is 11.5. The zero-order chi connectivity index (χ0) is 25.6. The molecule has 4 aromatic rings. The lowest BCUT2D eigenvalue weighted by atomic mass is 10.0. The summed E-state index contributed by atoms with van der Waals surface area (Å²) in [6, 6.07) is 22.8. The lowest BCUT2D eigenvalue weighted by Crippen LogP contribution is -2.43. The summed E-state index contributed by atoms with van der Waals surface area (Å²) in [5, 5.41) is 16.9. The molecule has 37 heavy (non-hydrogen) atoms. The van der Waals surface area contributed by atoms with Crippen LogP contribution in [0.25, 0.3) is 10.8 Å². The minimum atomic E-state index is -0.0422. The molecule has 0 saturated carbocycles. The third-order valence-electron chi connectivity index (χ3n) is 7.06. The first-order valence-corrected chi connectivity index (χ1v) is 13.9. The van der Waals surface area contributed by atoms with E-state index in [4.69, 9.17) is 9.47 Å². The lowest BCUT2D eigenvalue weighted by molar-refractivity contribution is 0.352. The van der Waals surface area contributed by atoms with E-state index in [0.717, 1.165) is 61.1 Å². The molecule has 6 nitrogen and oxygen atoms in total. The van der Waals surface area contributed by atoms with Gasteiger partial charge in [0, 0.05) is 53.7 Å². The van der Waals surface area contributed by atoms with Gasteiger partial charge >= 0.3 is 0 Å². The van der Waals surface area contributed by atoms with Crippen LogP contribution in [0.4, 0.5) is 5.69 Å². The Balaban J connectivity index is 1.49. The summed E-state index contributed by atoms with van der Waals surface area (Å²) < 4.78 is 13.2. The molecule has 5 rings (SSSR count). The highest BCUT2D eigenvalue weighted by molar-refractivity contribution is 7.99. The number of fused-ring (bicyclic) bond motifs is 1. The Morgan fingerprint density at radius 1 is 0.919 bits per heavy atom. The summed E-state index contributed by atoms with van der Waals surface area (Å²) in [5.41, 5.74) is 2.26. The van der Waals surface area contributed by atoms with Gasteiger partial charge in [-0.1, -0.05) is 30.3 Å². The number of benzene rings is 3.